The maximum absolute atomic E-state index is 10.7. The van der Waals surface area contributed by atoms with E-state index in [2.05, 4.69) is 15.0 Å². The molecule has 0 aromatic carbocycles. The molecule has 6 atom stereocenters. The first kappa shape index (κ1) is 19.8. The first-order valence-corrected chi connectivity index (χ1v) is 10.3. The highest BCUT2D eigenvalue weighted by atomic mass is 32.2. The van der Waals surface area contributed by atoms with Gasteiger partial charge in [0, 0.05) is 6.42 Å². The smallest absolute Gasteiger partial charge is 0.372 e. The zero-order chi connectivity index (χ0) is 19.7. The number of carbonyl (C=O) groups is 1. The third-order valence-electron chi connectivity index (χ3n) is 4.53. The van der Waals surface area contributed by atoms with Gasteiger partial charge >= 0.3 is 5.97 Å². The number of hydrogen-bond donors (Lipinski definition) is 4. The van der Waals surface area contributed by atoms with Crippen LogP contribution in [0.4, 0.5) is 5.82 Å². The van der Waals surface area contributed by atoms with Crippen molar-refractivity contribution in [2.75, 3.05) is 23.5 Å². The van der Waals surface area contributed by atoms with Crippen LogP contribution in [-0.4, -0.2) is 77.8 Å². The van der Waals surface area contributed by atoms with Crippen molar-refractivity contribution in [2.45, 2.75) is 37.0 Å². The van der Waals surface area contributed by atoms with Crippen LogP contribution in [0.1, 0.15) is 12.6 Å². The van der Waals surface area contributed by atoms with Crippen LogP contribution in [0.15, 0.2) is 12.7 Å². The fourth-order valence-electron chi connectivity index (χ4n) is 2.96. The number of hydrogen-bond acceptors (Lipinski definition) is 9. The van der Waals surface area contributed by atoms with E-state index in [4.69, 9.17) is 16.2 Å². The van der Waals surface area contributed by atoms with Gasteiger partial charge in [0.15, 0.2) is 17.7 Å². The summed E-state index contributed by atoms with van der Waals surface area (Å²) < 4.78 is 7.39. The molecule has 2 aromatic rings. The molecule has 6 N–H and O–H groups in total. The second-order valence-corrected chi connectivity index (χ2v) is 8.80. The van der Waals surface area contributed by atoms with E-state index in [-0.39, 0.29) is 23.1 Å². The van der Waals surface area contributed by atoms with Crippen molar-refractivity contribution in [3.8, 4) is 0 Å². The number of rotatable bonds is 7. The third kappa shape index (κ3) is 3.99. The van der Waals surface area contributed by atoms with Crippen molar-refractivity contribution in [2.24, 2.45) is 5.73 Å². The topological polar surface area (TPSA) is 182 Å². The Labute approximate surface area is 157 Å². The maximum atomic E-state index is 10.7. The molecule has 3 rings (SSSR count). The molecule has 147 valence electrons. The Kier molecular flexibility index (Phi) is 5.81. The molecular formula is C15H22N6O5S+. The van der Waals surface area contributed by atoms with Crippen LogP contribution in [0, 0.1) is 0 Å². The molecule has 1 aliphatic heterocycles. The largest absolute Gasteiger partial charge is 0.387 e. The Morgan fingerprint density at radius 1 is 1.37 bits per heavy atom. The van der Waals surface area contributed by atoms with E-state index in [9.17, 15) is 20.1 Å². The number of aliphatic hydroxyl groups is 2. The van der Waals surface area contributed by atoms with Crippen molar-refractivity contribution >= 4 is 33.8 Å². The van der Waals surface area contributed by atoms with Crippen LogP contribution in [0.5, 0.6) is 0 Å². The van der Waals surface area contributed by atoms with Gasteiger partial charge in [0.25, 0.3) is 0 Å². The molecule has 0 aliphatic carbocycles. The molecule has 1 fully saturated rings. The average molecular weight is 398 g/mol. The summed E-state index contributed by atoms with van der Waals surface area (Å²) in [5, 5.41) is 31.5. The molecule has 1 saturated heterocycles. The normalized spacial score (nSPS) is 27.7. The number of nitrogens with two attached hydrogens (primary N) is 2. The Hall–Kier alpha value is -1.99. The van der Waals surface area contributed by atoms with Crippen LogP contribution in [-0.2, 0) is 25.5 Å². The highest BCUT2D eigenvalue weighted by Crippen LogP contribution is 2.32. The number of nitrogen functional groups attached to an aromatic ring is 1. The standard InChI is InChI=1S/C15H22N6O5S/c1-27(3-2-7(16)15(24)25)4-8-10(22)11(23)14(26-8)21-6-20-9-12(17)18-5-19-13(9)21/h5-8,10-11,14,22-23H,2-4,16H2,1H3,(H2,17,18,19)/q+1/t7-,8+,10+,11+,14+,27?/m0/s1. The van der Waals surface area contributed by atoms with Crippen LogP contribution in [0.3, 0.4) is 0 Å². The summed E-state index contributed by atoms with van der Waals surface area (Å²) in [6, 6.07) is -1.02. The van der Waals surface area contributed by atoms with Crippen LogP contribution >= 0.6 is 0 Å². The van der Waals surface area contributed by atoms with E-state index in [0.717, 1.165) is 0 Å². The van der Waals surface area contributed by atoms with Gasteiger partial charge in [-0.1, -0.05) is 0 Å². The van der Waals surface area contributed by atoms with Gasteiger partial charge in [0.05, 0.1) is 12.6 Å². The molecule has 1 aliphatic rings. The quantitative estimate of drug-likeness (QED) is 0.381. The van der Waals surface area contributed by atoms with Gasteiger partial charge in [0.2, 0.25) is 0 Å². The molecule has 0 amide bonds. The fraction of sp³-hybridized carbons (Fsp3) is 0.600. The predicted molar refractivity (Wildman–Crippen MR) is 97.0 cm³/mol. The summed E-state index contributed by atoms with van der Waals surface area (Å²) in [6.07, 6.45) is 1.17. The lowest BCUT2D eigenvalue weighted by atomic mass is 10.1. The van der Waals surface area contributed by atoms with E-state index in [1.165, 1.54) is 17.2 Å². The van der Waals surface area contributed by atoms with Crippen molar-refractivity contribution in [1.29, 1.82) is 0 Å². The molecule has 0 saturated carbocycles. The molecular weight excluding hydrogens is 376 g/mol. The molecule has 2 aromatic heterocycles. The highest BCUT2D eigenvalue weighted by Gasteiger charge is 2.46. The zero-order valence-corrected chi connectivity index (χ0v) is 15.5. The summed E-state index contributed by atoms with van der Waals surface area (Å²) in [5.74, 6) is -0.0611. The van der Waals surface area contributed by atoms with E-state index < -0.39 is 36.6 Å². The molecule has 0 spiro atoms. The monoisotopic (exact) mass is 398 g/mol. The SMILES string of the molecule is C[S+](CC[C@H](N)C([O])=O)C[C@H]1O[C@@H](n2cnc3c(N)ncnc32)[C@H](O)[C@@H]1O. The molecule has 12 heteroatoms. The van der Waals surface area contributed by atoms with E-state index >= 15 is 0 Å². The summed E-state index contributed by atoms with van der Waals surface area (Å²) in [6.45, 7) is 0. The van der Waals surface area contributed by atoms with Gasteiger partial charge < -0.3 is 26.4 Å². The fourth-order valence-corrected chi connectivity index (χ4v) is 4.62. The maximum Gasteiger partial charge on any atom is 0.372 e. The minimum absolute atomic E-state index is 0.211. The number of aliphatic hydroxyl groups excluding tert-OH is 2. The van der Waals surface area contributed by atoms with Crippen molar-refractivity contribution in [3.05, 3.63) is 12.7 Å². The number of fused-ring (bicyclic) bond motifs is 1. The van der Waals surface area contributed by atoms with Gasteiger partial charge in [0.1, 0.15) is 47.7 Å². The minimum Gasteiger partial charge on any atom is -0.387 e. The molecule has 1 radical (unpaired) electrons. The minimum atomic E-state index is -1.28. The van der Waals surface area contributed by atoms with Gasteiger partial charge in [-0.25, -0.2) is 24.9 Å². The summed E-state index contributed by atoms with van der Waals surface area (Å²) in [5.41, 5.74) is 12.0. The van der Waals surface area contributed by atoms with E-state index in [0.29, 0.717) is 22.7 Å². The first-order valence-electron chi connectivity index (χ1n) is 8.29. The Morgan fingerprint density at radius 2 is 2.11 bits per heavy atom. The number of anilines is 1. The van der Waals surface area contributed by atoms with Gasteiger partial charge in [-0.05, 0) is 10.9 Å². The predicted octanol–water partition coefficient (Wildman–Crippen LogP) is -2.05. The summed E-state index contributed by atoms with van der Waals surface area (Å²) in [4.78, 5) is 22.8. The van der Waals surface area contributed by atoms with Crippen molar-refractivity contribution < 1.29 is 24.9 Å². The lowest BCUT2D eigenvalue weighted by Crippen LogP contribution is -2.37. The van der Waals surface area contributed by atoms with E-state index in [1.807, 2.05) is 6.26 Å². The lowest BCUT2D eigenvalue weighted by molar-refractivity contribution is -0.144. The average Bonchev–Trinajstić information content (AvgIpc) is 3.17. The van der Waals surface area contributed by atoms with Crippen molar-refractivity contribution in [3.63, 3.8) is 0 Å². The Morgan fingerprint density at radius 3 is 2.81 bits per heavy atom. The third-order valence-corrected chi connectivity index (χ3v) is 6.36. The second kappa shape index (κ2) is 7.94. The van der Waals surface area contributed by atoms with Crippen LogP contribution < -0.4 is 11.5 Å². The summed E-state index contributed by atoms with van der Waals surface area (Å²) >= 11 is 0. The molecule has 11 nitrogen and oxygen atoms in total. The molecule has 1 unspecified atom stereocenters. The Balaban J connectivity index is 1.68. The zero-order valence-electron chi connectivity index (χ0n) is 14.6. The first-order chi connectivity index (χ1) is 12.8. The van der Waals surface area contributed by atoms with E-state index in [1.54, 1.807) is 0 Å². The number of aromatic nitrogens is 4. The van der Waals surface area contributed by atoms with Crippen molar-refractivity contribution in [1.82, 2.24) is 19.5 Å². The highest BCUT2D eigenvalue weighted by molar-refractivity contribution is 7.96. The number of carbonyl (C=O) groups excluding carboxylic acids is 1. The summed E-state index contributed by atoms with van der Waals surface area (Å²) in [7, 11) is -0.263. The van der Waals surface area contributed by atoms with Gasteiger partial charge in [-0.2, -0.15) is 0 Å². The van der Waals surface area contributed by atoms with Gasteiger partial charge in [-0.3, -0.25) is 4.57 Å². The Bertz CT molecular complexity index is 819. The number of imidazole rings is 1. The van der Waals surface area contributed by atoms with Gasteiger partial charge in [-0.15, -0.1) is 0 Å². The number of nitrogens with zero attached hydrogens (tertiary/aromatic N) is 4. The molecule has 0 bridgehead atoms. The van der Waals surface area contributed by atoms with Crippen LogP contribution in [0.25, 0.3) is 11.2 Å². The molecule has 3 heterocycles. The lowest BCUT2D eigenvalue weighted by Gasteiger charge is -2.16. The number of ether oxygens (including phenoxy) is 1. The molecule has 27 heavy (non-hydrogen) atoms. The second-order valence-electron chi connectivity index (χ2n) is 6.50. The van der Waals surface area contributed by atoms with Crippen LogP contribution in [0.2, 0.25) is 0 Å².